The Morgan fingerprint density at radius 3 is 2.28 bits per heavy atom. The van der Waals surface area contributed by atoms with E-state index >= 15 is 0 Å². The molecule has 0 amide bonds. The van der Waals surface area contributed by atoms with Gasteiger partial charge < -0.3 is 28.9 Å². The van der Waals surface area contributed by atoms with Gasteiger partial charge >= 0.3 is 12.6 Å². The van der Waals surface area contributed by atoms with Crippen molar-refractivity contribution < 1.29 is 42.0 Å². The van der Waals surface area contributed by atoms with Gasteiger partial charge in [-0.3, -0.25) is 0 Å². The van der Waals surface area contributed by atoms with E-state index in [-0.39, 0.29) is 33.5 Å². The molecule has 12 heteroatoms. The van der Waals surface area contributed by atoms with E-state index in [1.54, 1.807) is 6.07 Å². The van der Waals surface area contributed by atoms with Crippen LogP contribution in [0.15, 0.2) is 48.8 Å². The minimum absolute atomic E-state index is 0.0331. The second kappa shape index (κ2) is 12.6. The lowest BCUT2D eigenvalue weighted by Gasteiger charge is -2.21. The largest absolute Gasteiger partial charge is 0.619 e. The molecule has 4 rings (SSSR count). The first-order chi connectivity index (χ1) is 18.7. The van der Waals surface area contributed by atoms with Gasteiger partial charge in [0.05, 0.1) is 26.4 Å². The first kappa shape index (κ1) is 28.5. The summed E-state index contributed by atoms with van der Waals surface area (Å²) in [6, 6.07) is 8.81. The summed E-state index contributed by atoms with van der Waals surface area (Å²) in [4.78, 5) is 13.2. The van der Waals surface area contributed by atoms with Crippen LogP contribution in [0.3, 0.4) is 0 Å². The smallest absolute Gasteiger partial charge is 0.387 e. The van der Waals surface area contributed by atoms with Gasteiger partial charge in [-0.25, -0.2) is 4.79 Å². The Balaban J connectivity index is 1.70. The molecule has 1 atom stereocenters. The van der Waals surface area contributed by atoms with E-state index in [1.807, 2.05) is 0 Å². The molecule has 1 aliphatic carbocycles. The average molecular weight is 584 g/mol. The zero-order valence-electron chi connectivity index (χ0n) is 21.0. The molecular weight excluding hydrogens is 559 g/mol. The maximum absolute atomic E-state index is 13.2. The molecule has 1 aromatic heterocycles. The molecule has 0 bridgehead atoms. The maximum Gasteiger partial charge on any atom is 0.387 e. The van der Waals surface area contributed by atoms with Crippen LogP contribution in [0.4, 0.5) is 8.78 Å². The summed E-state index contributed by atoms with van der Waals surface area (Å²) < 4.78 is 53.3. The number of pyridine rings is 1. The zero-order chi connectivity index (χ0) is 28.1. The lowest BCUT2D eigenvalue weighted by molar-refractivity contribution is -0.605. The summed E-state index contributed by atoms with van der Waals surface area (Å²) in [6.45, 7) is -2.72. The van der Waals surface area contributed by atoms with Gasteiger partial charge in [0.25, 0.3) is 0 Å². The molecule has 2 aromatic carbocycles. The Morgan fingerprint density at radius 1 is 1.00 bits per heavy atom. The van der Waals surface area contributed by atoms with Gasteiger partial charge in [0.2, 0.25) is 0 Å². The summed E-state index contributed by atoms with van der Waals surface area (Å²) in [6.07, 6.45) is 3.18. The Kier molecular flexibility index (Phi) is 9.19. The van der Waals surface area contributed by atoms with Crippen molar-refractivity contribution in [2.75, 3.05) is 20.8 Å². The standard InChI is InChI=1S/C27H25Cl2F2NO7/c1-35-21-7-6-17(10-24(21)36-2)26(33)38-23(11-18-19(28)12-32(34)13-20(18)29)16-5-8-22(39-27(30)31)25(9-16)37-14-15-3-4-15/h5-10,12-13,15,23,27H,3-4,11,14H2,1-2H3/t23-/m0/s1. The third-order valence-electron chi connectivity index (χ3n) is 6.04. The molecule has 0 aliphatic heterocycles. The first-order valence-corrected chi connectivity index (χ1v) is 12.6. The lowest BCUT2D eigenvalue weighted by atomic mass is 10.0. The third-order valence-corrected chi connectivity index (χ3v) is 6.69. The van der Waals surface area contributed by atoms with Crippen LogP contribution in [0.25, 0.3) is 0 Å². The SMILES string of the molecule is COc1ccc(C(=O)O[C@@H](Cc2c(Cl)c[n+]([O-])cc2Cl)c2ccc(OC(F)F)c(OCC3CC3)c2)cc1OC. The molecule has 0 N–H and O–H groups in total. The second-order valence-electron chi connectivity index (χ2n) is 8.80. The number of hydrogen-bond donors (Lipinski definition) is 0. The van der Waals surface area contributed by atoms with Crippen molar-refractivity contribution in [3.8, 4) is 23.0 Å². The quantitative estimate of drug-likeness (QED) is 0.143. The summed E-state index contributed by atoms with van der Waals surface area (Å²) >= 11 is 12.6. The monoisotopic (exact) mass is 583 g/mol. The number of rotatable bonds is 12. The highest BCUT2D eigenvalue weighted by atomic mass is 35.5. The molecular formula is C27H25Cl2F2NO7. The molecule has 0 unspecified atom stereocenters. The van der Waals surface area contributed by atoms with Crippen molar-refractivity contribution in [3.05, 3.63) is 80.7 Å². The predicted octanol–water partition coefficient (Wildman–Crippen LogP) is 6.18. The summed E-state index contributed by atoms with van der Waals surface area (Å²) in [5, 5.41) is 11.9. The number of nitrogens with zero attached hydrogens (tertiary/aromatic N) is 1. The topological polar surface area (TPSA) is 90.2 Å². The van der Waals surface area contributed by atoms with Crippen molar-refractivity contribution in [2.24, 2.45) is 5.92 Å². The molecule has 1 heterocycles. The minimum Gasteiger partial charge on any atom is -0.619 e. The normalized spacial score (nSPS) is 13.6. The fourth-order valence-electron chi connectivity index (χ4n) is 3.82. The maximum atomic E-state index is 13.2. The summed E-state index contributed by atoms with van der Waals surface area (Å²) in [5.74, 6) is 0.300. The lowest BCUT2D eigenvalue weighted by Crippen LogP contribution is -2.25. The van der Waals surface area contributed by atoms with E-state index in [9.17, 15) is 18.8 Å². The number of esters is 1. The van der Waals surface area contributed by atoms with Crippen molar-refractivity contribution in [3.63, 3.8) is 0 Å². The van der Waals surface area contributed by atoms with Crippen molar-refractivity contribution in [1.82, 2.24) is 0 Å². The van der Waals surface area contributed by atoms with E-state index in [4.69, 9.17) is 42.1 Å². The Hall–Kier alpha value is -3.50. The van der Waals surface area contributed by atoms with E-state index < -0.39 is 18.7 Å². The number of carbonyl (C=O) groups excluding carboxylic acids is 1. The number of alkyl halides is 2. The van der Waals surface area contributed by atoms with Gasteiger partial charge in [-0.2, -0.15) is 13.5 Å². The molecule has 39 heavy (non-hydrogen) atoms. The second-order valence-corrected chi connectivity index (χ2v) is 9.61. The van der Waals surface area contributed by atoms with Crippen LogP contribution in [-0.2, 0) is 11.2 Å². The molecule has 3 aromatic rings. The van der Waals surface area contributed by atoms with Crippen LogP contribution in [0.2, 0.25) is 10.0 Å². The van der Waals surface area contributed by atoms with Gasteiger partial charge in [0, 0.05) is 12.0 Å². The van der Waals surface area contributed by atoms with Crippen molar-refractivity contribution in [1.29, 1.82) is 0 Å². The number of halogens is 4. The van der Waals surface area contributed by atoms with Crippen molar-refractivity contribution >= 4 is 29.2 Å². The highest BCUT2D eigenvalue weighted by Gasteiger charge is 2.27. The molecule has 1 saturated carbocycles. The molecule has 1 fully saturated rings. The molecule has 0 saturated heterocycles. The van der Waals surface area contributed by atoms with Crippen LogP contribution >= 0.6 is 23.2 Å². The Bertz CT molecular complexity index is 1310. The minimum atomic E-state index is -3.06. The molecule has 208 valence electrons. The summed E-state index contributed by atoms with van der Waals surface area (Å²) in [5.41, 5.74) is 0.925. The van der Waals surface area contributed by atoms with E-state index in [0.717, 1.165) is 25.2 Å². The Labute approximate surface area is 233 Å². The third kappa shape index (κ3) is 7.33. The fourth-order valence-corrected chi connectivity index (χ4v) is 4.42. The number of hydrogen-bond acceptors (Lipinski definition) is 7. The Morgan fingerprint density at radius 2 is 1.67 bits per heavy atom. The van der Waals surface area contributed by atoms with Gasteiger partial charge in [-0.1, -0.05) is 29.3 Å². The van der Waals surface area contributed by atoms with Gasteiger partial charge in [0.1, 0.15) is 16.1 Å². The molecule has 1 aliphatic rings. The van der Waals surface area contributed by atoms with Crippen LogP contribution in [0.5, 0.6) is 23.0 Å². The van der Waals surface area contributed by atoms with Gasteiger partial charge in [-0.05, 0) is 54.7 Å². The fraction of sp³-hybridized carbons (Fsp3) is 0.333. The highest BCUT2D eigenvalue weighted by molar-refractivity contribution is 6.35. The van der Waals surface area contributed by atoms with Crippen LogP contribution in [0.1, 0.15) is 40.4 Å². The number of ether oxygens (including phenoxy) is 5. The van der Waals surface area contributed by atoms with Gasteiger partial charge in [0.15, 0.2) is 35.4 Å². The average Bonchev–Trinajstić information content (AvgIpc) is 3.73. The highest BCUT2D eigenvalue weighted by Crippen LogP contribution is 2.38. The van der Waals surface area contributed by atoms with Crippen LogP contribution < -0.4 is 23.7 Å². The van der Waals surface area contributed by atoms with Crippen LogP contribution in [-0.4, -0.2) is 33.4 Å². The number of aromatic nitrogens is 1. The molecule has 0 spiro atoms. The number of benzene rings is 2. The number of carbonyl (C=O) groups is 1. The molecule has 0 radical (unpaired) electrons. The summed E-state index contributed by atoms with van der Waals surface area (Å²) in [7, 11) is 2.90. The van der Waals surface area contributed by atoms with E-state index in [2.05, 4.69) is 4.74 Å². The molecule has 8 nitrogen and oxygen atoms in total. The number of methoxy groups -OCH3 is 2. The van der Waals surface area contributed by atoms with E-state index in [0.29, 0.717) is 39.9 Å². The zero-order valence-corrected chi connectivity index (χ0v) is 22.5. The van der Waals surface area contributed by atoms with Gasteiger partial charge in [-0.15, -0.1) is 0 Å². The van der Waals surface area contributed by atoms with E-state index in [1.165, 1.54) is 44.6 Å². The van der Waals surface area contributed by atoms with Crippen LogP contribution in [0, 0.1) is 11.1 Å². The predicted molar refractivity (Wildman–Crippen MR) is 138 cm³/mol. The van der Waals surface area contributed by atoms with Crippen molar-refractivity contribution in [2.45, 2.75) is 32.0 Å². The first-order valence-electron chi connectivity index (χ1n) is 11.9.